The molecule has 6 heteroatoms. The van der Waals surface area contributed by atoms with Crippen LogP contribution in [0.2, 0.25) is 0 Å². The van der Waals surface area contributed by atoms with E-state index in [0.717, 1.165) is 38.0 Å². The molecule has 2 atom stereocenters. The number of carbonyl (C=O) groups is 2. The van der Waals surface area contributed by atoms with Gasteiger partial charge in [0.05, 0.1) is 0 Å². The maximum Gasteiger partial charge on any atom is 0.327 e. The van der Waals surface area contributed by atoms with Gasteiger partial charge in [0.1, 0.15) is 11.8 Å². The molecule has 4 rings (SSSR count). The quantitative estimate of drug-likeness (QED) is 0.601. The number of fused-ring (bicyclic) bond motifs is 2. The fraction of sp³-hybridized carbons (Fsp3) is 0.500. The molecule has 0 spiro atoms. The standard InChI is InChI=1S/C20H25N3O3/c1-21(18-11-10-15-7-2-3-9-17(15)26-18)12-4-5-13-23-19(24)16-8-6-14-22(16)20(23)25/h2-5,7,9,16,18H,6,8,10-14H2,1H3. The van der Waals surface area contributed by atoms with Gasteiger partial charge in [-0.05, 0) is 37.9 Å². The summed E-state index contributed by atoms with van der Waals surface area (Å²) >= 11 is 0. The van der Waals surface area contributed by atoms with Gasteiger partial charge < -0.3 is 9.64 Å². The predicted molar refractivity (Wildman–Crippen MR) is 97.8 cm³/mol. The minimum Gasteiger partial charge on any atom is -0.475 e. The lowest BCUT2D eigenvalue weighted by atomic mass is 10.0. The third-order valence-electron chi connectivity index (χ3n) is 5.52. The molecule has 3 heterocycles. The molecular formula is C20H25N3O3. The lowest BCUT2D eigenvalue weighted by molar-refractivity contribution is -0.127. The summed E-state index contributed by atoms with van der Waals surface area (Å²) in [6, 6.07) is 7.82. The number of amides is 3. The highest BCUT2D eigenvalue weighted by Gasteiger charge is 2.46. The summed E-state index contributed by atoms with van der Waals surface area (Å²) in [5.41, 5.74) is 1.26. The van der Waals surface area contributed by atoms with Crippen molar-refractivity contribution in [1.29, 1.82) is 0 Å². The molecule has 3 aliphatic heterocycles. The number of nitrogens with zero attached hydrogens (tertiary/aromatic N) is 3. The van der Waals surface area contributed by atoms with E-state index in [9.17, 15) is 9.59 Å². The van der Waals surface area contributed by atoms with Crippen LogP contribution in [0, 0.1) is 0 Å². The first-order chi connectivity index (χ1) is 12.6. The number of rotatable bonds is 5. The van der Waals surface area contributed by atoms with Crippen molar-refractivity contribution in [2.45, 2.75) is 38.0 Å². The number of imide groups is 1. The maximum absolute atomic E-state index is 12.3. The zero-order valence-corrected chi connectivity index (χ0v) is 15.1. The predicted octanol–water partition coefficient (Wildman–Crippen LogP) is 2.25. The first kappa shape index (κ1) is 17.1. The van der Waals surface area contributed by atoms with Crippen molar-refractivity contribution in [3.63, 3.8) is 0 Å². The van der Waals surface area contributed by atoms with E-state index < -0.39 is 0 Å². The summed E-state index contributed by atoms with van der Waals surface area (Å²) in [5, 5.41) is 0. The van der Waals surface area contributed by atoms with Crippen molar-refractivity contribution in [2.75, 3.05) is 26.7 Å². The molecule has 2 fully saturated rings. The Morgan fingerprint density at radius 2 is 2.08 bits per heavy atom. The number of hydrogen-bond donors (Lipinski definition) is 0. The highest BCUT2D eigenvalue weighted by atomic mass is 16.5. The van der Waals surface area contributed by atoms with Gasteiger partial charge in [0.25, 0.3) is 5.91 Å². The molecule has 6 nitrogen and oxygen atoms in total. The van der Waals surface area contributed by atoms with Crippen LogP contribution in [0.4, 0.5) is 4.79 Å². The zero-order valence-electron chi connectivity index (χ0n) is 15.1. The van der Waals surface area contributed by atoms with E-state index in [1.807, 2.05) is 37.4 Å². The zero-order chi connectivity index (χ0) is 18.1. The fourth-order valence-corrected chi connectivity index (χ4v) is 4.01. The Hall–Kier alpha value is -2.34. The summed E-state index contributed by atoms with van der Waals surface area (Å²) in [7, 11) is 2.03. The molecule has 0 aromatic heterocycles. The number of likely N-dealkylation sites (N-methyl/N-ethyl adjacent to an activating group) is 1. The molecule has 3 aliphatic rings. The molecular weight excluding hydrogens is 330 g/mol. The van der Waals surface area contributed by atoms with Gasteiger partial charge >= 0.3 is 6.03 Å². The van der Waals surface area contributed by atoms with Crippen LogP contribution in [0.3, 0.4) is 0 Å². The molecule has 0 radical (unpaired) electrons. The van der Waals surface area contributed by atoms with Gasteiger partial charge in [-0.15, -0.1) is 0 Å². The van der Waals surface area contributed by atoms with Crippen LogP contribution in [0.25, 0.3) is 0 Å². The minimum absolute atomic E-state index is 0.0438. The van der Waals surface area contributed by atoms with Crippen molar-refractivity contribution in [3.8, 4) is 5.75 Å². The van der Waals surface area contributed by atoms with Crippen molar-refractivity contribution >= 4 is 11.9 Å². The molecule has 0 aliphatic carbocycles. The Balaban J connectivity index is 1.28. The van der Waals surface area contributed by atoms with Gasteiger partial charge in [-0.2, -0.15) is 0 Å². The molecule has 26 heavy (non-hydrogen) atoms. The Bertz CT molecular complexity index is 711. The third kappa shape index (κ3) is 3.09. The second kappa shape index (κ2) is 7.11. The molecule has 3 amide bonds. The molecule has 2 saturated heterocycles. The monoisotopic (exact) mass is 355 g/mol. The topological polar surface area (TPSA) is 53.1 Å². The van der Waals surface area contributed by atoms with Gasteiger partial charge in [-0.1, -0.05) is 30.4 Å². The Kier molecular flexibility index (Phi) is 4.68. The van der Waals surface area contributed by atoms with Crippen LogP contribution in [0.1, 0.15) is 24.8 Å². The summed E-state index contributed by atoms with van der Waals surface area (Å²) < 4.78 is 6.08. The van der Waals surface area contributed by atoms with Gasteiger partial charge in [0, 0.05) is 26.1 Å². The van der Waals surface area contributed by atoms with Gasteiger partial charge in [-0.3, -0.25) is 14.6 Å². The Morgan fingerprint density at radius 1 is 1.23 bits per heavy atom. The van der Waals surface area contributed by atoms with Gasteiger partial charge in [0.2, 0.25) is 0 Å². The number of hydrogen-bond acceptors (Lipinski definition) is 4. The summed E-state index contributed by atoms with van der Waals surface area (Å²) in [6.07, 6.45) is 7.67. The second-order valence-electron chi connectivity index (χ2n) is 7.21. The van der Waals surface area contributed by atoms with Crippen LogP contribution >= 0.6 is 0 Å². The summed E-state index contributed by atoms with van der Waals surface area (Å²) in [6.45, 7) is 1.78. The first-order valence-electron chi connectivity index (χ1n) is 9.37. The molecule has 0 bridgehead atoms. The van der Waals surface area contributed by atoms with E-state index in [1.54, 1.807) is 4.90 Å². The number of urea groups is 1. The smallest absolute Gasteiger partial charge is 0.327 e. The molecule has 0 saturated carbocycles. The van der Waals surface area contributed by atoms with E-state index in [-0.39, 0.29) is 24.2 Å². The van der Waals surface area contributed by atoms with E-state index in [2.05, 4.69) is 11.0 Å². The second-order valence-corrected chi connectivity index (χ2v) is 7.21. The Morgan fingerprint density at radius 3 is 2.92 bits per heavy atom. The van der Waals surface area contributed by atoms with E-state index in [4.69, 9.17) is 4.74 Å². The fourth-order valence-electron chi connectivity index (χ4n) is 4.01. The van der Waals surface area contributed by atoms with Crippen LogP contribution < -0.4 is 4.74 Å². The average molecular weight is 355 g/mol. The van der Waals surface area contributed by atoms with Crippen molar-refractivity contribution < 1.29 is 14.3 Å². The van der Waals surface area contributed by atoms with Crippen molar-refractivity contribution in [2.24, 2.45) is 0 Å². The number of ether oxygens (including phenoxy) is 1. The van der Waals surface area contributed by atoms with Crippen molar-refractivity contribution in [3.05, 3.63) is 42.0 Å². The maximum atomic E-state index is 12.3. The van der Waals surface area contributed by atoms with Crippen LogP contribution in [-0.2, 0) is 11.2 Å². The highest BCUT2D eigenvalue weighted by Crippen LogP contribution is 2.28. The molecule has 2 unspecified atom stereocenters. The largest absolute Gasteiger partial charge is 0.475 e. The minimum atomic E-state index is -0.214. The molecule has 1 aromatic carbocycles. The summed E-state index contributed by atoms with van der Waals surface area (Å²) in [5.74, 6) is 0.922. The van der Waals surface area contributed by atoms with E-state index in [1.165, 1.54) is 10.5 Å². The van der Waals surface area contributed by atoms with Crippen molar-refractivity contribution in [1.82, 2.24) is 14.7 Å². The average Bonchev–Trinajstić information content (AvgIpc) is 3.23. The number of carbonyl (C=O) groups excluding carboxylic acids is 2. The SMILES string of the molecule is CN(CC=CCN1C(=O)C2CCCN2C1=O)C1CCc2ccccc2O1. The third-order valence-corrected chi connectivity index (χ3v) is 5.52. The highest BCUT2D eigenvalue weighted by molar-refractivity contribution is 6.04. The first-order valence-corrected chi connectivity index (χ1v) is 9.37. The Labute approximate surface area is 154 Å². The molecule has 1 aromatic rings. The molecule has 138 valence electrons. The lowest BCUT2D eigenvalue weighted by Gasteiger charge is -2.32. The van der Waals surface area contributed by atoms with E-state index in [0.29, 0.717) is 13.1 Å². The number of para-hydroxylation sites is 1. The molecule has 0 N–H and O–H groups in total. The normalized spacial score (nSPS) is 25.2. The number of aryl methyl sites for hydroxylation is 1. The lowest BCUT2D eigenvalue weighted by Crippen LogP contribution is -2.39. The summed E-state index contributed by atoms with van der Waals surface area (Å²) in [4.78, 5) is 29.8. The van der Waals surface area contributed by atoms with Gasteiger partial charge in [0.15, 0.2) is 6.23 Å². The van der Waals surface area contributed by atoms with E-state index >= 15 is 0 Å². The number of benzene rings is 1. The van der Waals surface area contributed by atoms with Gasteiger partial charge in [-0.25, -0.2) is 4.79 Å². The van der Waals surface area contributed by atoms with Crippen LogP contribution in [0.15, 0.2) is 36.4 Å². The van der Waals surface area contributed by atoms with Crippen LogP contribution in [-0.4, -0.2) is 65.6 Å². The van der Waals surface area contributed by atoms with Crippen LogP contribution in [0.5, 0.6) is 5.75 Å².